The number of carbonyl (C=O) groups is 8. The van der Waals surface area contributed by atoms with Crippen LogP contribution in [0.1, 0.15) is 136 Å². The lowest BCUT2D eigenvalue weighted by Crippen LogP contribution is -2.57. The molecule has 0 saturated carbocycles. The van der Waals surface area contributed by atoms with Crippen LogP contribution in [0.15, 0.2) is 29.8 Å². The Morgan fingerprint density at radius 2 is 1.55 bits per heavy atom. The van der Waals surface area contributed by atoms with Crippen molar-refractivity contribution in [3.05, 3.63) is 41.0 Å². The molecule has 3 saturated heterocycles. The van der Waals surface area contributed by atoms with Gasteiger partial charge in [0.05, 0.1) is 28.1 Å². The summed E-state index contributed by atoms with van der Waals surface area (Å²) in [6.45, 7) is 12.2. The molecular weight excluding hydrogens is 903 g/mol. The van der Waals surface area contributed by atoms with Gasteiger partial charge < -0.3 is 46.8 Å². The Kier molecular flexibility index (Phi) is 20.1. The van der Waals surface area contributed by atoms with E-state index in [-0.39, 0.29) is 75.0 Å². The summed E-state index contributed by atoms with van der Waals surface area (Å²) in [7, 11) is 0. The van der Waals surface area contributed by atoms with Gasteiger partial charge in [0, 0.05) is 65.0 Å². The molecule has 1 aromatic heterocycles. The summed E-state index contributed by atoms with van der Waals surface area (Å²) in [6.07, 6.45) is 6.76. The molecule has 8 amide bonds. The summed E-state index contributed by atoms with van der Waals surface area (Å²) in [6, 6.07) is 4.17. The summed E-state index contributed by atoms with van der Waals surface area (Å²) < 4.78 is 0. The Morgan fingerprint density at radius 3 is 2.19 bits per heavy atom. The standard InChI is InChI=1S/C50H75N9O9S/c1-31-28-57(33(3)60)25-23-36-19-21-39(59(36)48(31)67)47(66)55-38(20-22-41(51)62)45(64)52-24-13-11-9-7-8-10-12-14-42(63)56-44(50(4,5)6)49(68)58-29-37(61)26-40(58)46(65)53-27-34-15-17-35(18-16-34)43-32(2)54-30-69-43/h15-18,30-31,36-40,44,61H,7-14,19-29H2,1-6H3,(H2,51,62)(H,52,64)(H,53,65)(H,55,66)(H,56,63)/t31-,36+,37+,38-,39-,40-,44+/m0/s1. The second-order valence-electron chi connectivity index (χ2n) is 20.2. The van der Waals surface area contributed by atoms with Crippen molar-refractivity contribution in [2.75, 3.05) is 26.2 Å². The average Bonchev–Trinajstić information content (AvgIpc) is 4.04. The van der Waals surface area contributed by atoms with Crippen LogP contribution in [0.5, 0.6) is 0 Å². The highest BCUT2D eigenvalue weighted by atomic mass is 32.1. The highest BCUT2D eigenvalue weighted by molar-refractivity contribution is 7.13. The number of β-amino-alcohol motifs (C(OH)–C–C–N with tert-alkyl or cyclic N) is 1. The van der Waals surface area contributed by atoms with Crippen LogP contribution >= 0.6 is 11.3 Å². The number of unbranched alkanes of at least 4 members (excludes halogenated alkanes) is 6. The van der Waals surface area contributed by atoms with Crippen molar-refractivity contribution in [1.82, 2.24) is 41.0 Å². The fourth-order valence-electron chi connectivity index (χ4n) is 9.57. The Bertz CT molecular complexity index is 2130. The molecule has 5 rings (SSSR count). The van der Waals surface area contributed by atoms with E-state index in [1.807, 2.05) is 57.5 Å². The van der Waals surface area contributed by atoms with Gasteiger partial charge in [-0.2, -0.15) is 0 Å². The average molecular weight is 978 g/mol. The minimum atomic E-state index is -0.995. The van der Waals surface area contributed by atoms with Crippen molar-refractivity contribution in [2.45, 2.75) is 174 Å². The van der Waals surface area contributed by atoms with E-state index in [1.54, 1.807) is 28.1 Å². The largest absolute Gasteiger partial charge is 0.391 e. The van der Waals surface area contributed by atoms with Gasteiger partial charge >= 0.3 is 0 Å². The lowest BCUT2D eigenvalue weighted by atomic mass is 9.85. The maximum atomic E-state index is 14.0. The lowest BCUT2D eigenvalue weighted by Gasteiger charge is -2.37. The van der Waals surface area contributed by atoms with E-state index in [2.05, 4.69) is 26.3 Å². The van der Waals surface area contributed by atoms with Crippen molar-refractivity contribution in [2.24, 2.45) is 17.1 Å². The first kappa shape index (κ1) is 54.5. The van der Waals surface area contributed by atoms with E-state index in [0.717, 1.165) is 53.8 Å². The number of benzene rings is 1. The van der Waals surface area contributed by atoms with Crippen LogP contribution in [0.2, 0.25) is 0 Å². The third-order valence-corrected chi connectivity index (χ3v) is 14.5. The van der Waals surface area contributed by atoms with Crippen molar-refractivity contribution < 1.29 is 43.5 Å². The van der Waals surface area contributed by atoms with Gasteiger partial charge in [-0.25, -0.2) is 4.98 Å². The molecule has 0 unspecified atom stereocenters. The summed E-state index contributed by atoms with van der Waals surface area (Å²) in [5.41, 5.74) is 9.44. The molecule has 3 aliphatic heterocycles. The third-order valence-electron chi connectivity index (χ3n) is 13.6. The van der Waals surface area contributed by atoms with E-state index in [1.165, 1.54) is 11.8 Å². The number of rotatable bonds is 22. The van der Waals surface area contributed by atoms with Crippen molar-refractivity contribution in [3.8, 4) is 10.4 Å². The summed E-state index contributed by atoms with van der Waals surface area (Å²) in [5.74, 6) is -3.23. The number of aromatic nitrogens is 1. The maximum Gasteiger partial charge on any atom is 0.246 e. The predicted octanol–water partition coefficient (Wildman–Crippen LogP) is 3.46. The minimum Gasteiger partial charge on any atom is -0.391 e. The number of nitrogens with zero attached hydrogens (tertiary/aromatic N) is 4. The molecule has 380 valence electrons. The molecule has 0 spiro atoms. The number of nitrogens with one attached hydrogen (secondary N) is 4. The van der Waals surface area contributed by atoms with E-state index in [4.69, 9.17) is 5.73 Å². The number of aliphatic hydroxyl groups excluding tert-OH is 1. The Morgan fingerprint density at radius 1 is 0.870 bits per heavy atom. The Balaban J connectivity index is 0.989. The van der Waals surface area contributed by atoms with Gasteiger partial charge in [0.1, 0.15) is 24.2 Å². The highest BCUT2D eigenvalue weighted by Gasteiger charge is 2.46. The molecular formula is C50H75N9O9S. The molecule has 7 N–H and O–H groups in total. The van der Waals surface area contributed by atoms with Gasteiger partial charge in [-0.1, -0.05) is 84.1 Å². The summed E-state index contributed by atoms with van der Waals surface area (Å²) in [4.78, 5) is 115. The molecule has 19 heteroatoms. The number of hydrogen-bond acceptors (Lipinski definition) is 11. The molecule has 3 fully saturated rings. The summed E-state index contributed by atoms with van der Waals surface area (Å²) >= 11 is 1.57. The number of thiazole rings is 1. The molecule has 3 aliphatic rings. The Labute approximate surface area is 410 Å². The monoisotopic (exact) mass is 978 g/mol. The van der Waals surface area contributed by atoms with E-state index < -0.39 is 65.2 Å². The first-order valence-corrected chi connectivity index (χ1v) is 25.6. The van der Waals surface area contributed by atoms with Gasteiger partial charge in [0.15, 0.2) is 0 Å². The van der Waals surface area contributed by atoms with Crippen LogP contribution in [0.25, 0.3) is 10.4 Å². The molecule has 69 heavy (non-hydrogen) atoms. The molecule has 4 heterocycles. The van der Waals surface area contributed by atoms with Crippen molar-refractivity contribution in [3.63, 3.8) is 0 Å². The topological polar surface area (TPSA) is 254 Å². The number of hydrogen-bond donors (Lipinski definition) is 6. The van der Waals surface area contributed by atoms with Crippen LogP contribution in [0.3, 0.4) is 0 Å². The number of amides is 8. The predicted molar refractivity (Wildman–Crippen MR) is 262 cm³/mol. The number of nitrogens with two attached hydrogens (primary N) is 1. The molecule has 1 aromatic carbocycles. The van der Waals surface area contributed by atoms with Crippen LogP contribution in [0, 0.1) is 18.3 Å². The third kappa shape index (κ3) is 15.5. The molecule has 0 radical (unpaired) electrons. The zero-order chi connectivity index (χ0) is 50.4. The SMILES string of the molecule is CC(=O)N1CC[C@H]2CC[C@@H](C(=O)N[C@@H](CCC(N)=O)C(=O)NCCCCCCCCCC(=O)N[C@H](C(=O)N3C[C@H](O)C[C@H]3C(=O)NCc3ccc(-c4scnc4C)cc3)C(C)(C)C)N2C(=O)[C@@H](C)C1. The number of aryl methyl sites for hydroxylation is 1. The number of likely N-dealkylation sites (tertiary alicyclic amines) is 1. The molecule has 7 atom stereocenters. The minimum absolute atomic E-state index is 0.00115. The smallest absolute Gasteiger partial charge is 0.246 e. The molecule has 18 nitrogen and oxygen atoms in total. The zero-order valence-electron chi connectivity index (χ0n) is 41.4. The maximum absolute atomic E-state index is 14.0. The van der Waals surface area contributed by atoms with Crippen LogP contribution < -0.4 is 27.0 Å². The van der Waals surface area contributed by atoms with Crippen LogP contribution in [-0.2, 0) is 44.9 Å². The number of fused-ring (bicyclic) bond motifs is 1. The van der Waals surface area contributed by atoms with Crippen LogP contribution in [-0.4, -0.2) is 135 Å². The van der Waals surface area contributed by atoms with Gasteiger partial charge in [-0.05, 0) is 62.0 Å². The molecule has 2 aromatic rings. The lowest BCUT2D eigenvalue weighted by molar-refractivity contribution is -0.147. The van der Waals surface area contributed by atoms with E-state index in [0.29, 0.717) is 45.2 Å². The number of aliphatic hydroxyl groups is 1. The highest BCUT2D eigenvalue weighted by Crippen LogP contribution is 2.32. The number of primary amides is 1. The van der Waals surface area contributed by atoms with Gasteiger partial charge in [-0.3, -0.25) is 38.4 Å². The second kappa shape index (κ2) is 25.4. The van der Waals surface area contributed by atoms with Crippen LogP contribution in [0.4, 0.5) is 0 Å². The van der Waals surface area contributed by atoms with Gasteiger partial charge in [0.2, 0.25) is 47.3 Å². The second-order valence-corrected chi connectivity index (χ2v) is 21.0. The quantitative estimate of drug-likeness (QED) is 0.0938. The first-order chi connectivity index (χ1) is 32.7. The normalized spacial score (nSPS) is 21.4. The fourth-order valence-corrected chi connectivity index (χ4v) is 10.4. The molecule has 0 bridgehead atoms. The van der Waals surface area contributed by atoms with E-state index in [9.17, 15) is 43.5 Å². The van der Waals surface area contributed by atoms with Gasteiger partial charge in [0.25, 0.3) is 0 Å². The number of carbonyl (C=O) groups excluding carboxylic acids is 8. The van der Waals surface area contributed by atoms with Crippen molar-refractivity contribution in [1.29, 1.82) is 0 Å². The fraction of sp³-hybridized carbons (Fsp3) is 0.660. The Hall–Kier alpha value is -5.43. The molecule has 0 aliphatic carbocycles. The summed E-state index contributed by atoms with van der Waals surface area (Å²) in [5, 5.41) is 22.1. The van der Waals surface area contributed by atoms with Crippen molar-refractivity contribution >= 4 is 58.6 Å². The van der Waals surface area contributed by atoms with Gasteiger partial charge in [-0.15, -0.1) is 11.3 Å². The zero-order valence-corrected chi connectivity index (χ0v) is 42.2. The first-order valence-electron chi connectivity index (χ1n) is 24.7. The van der Waals surface area contributed by atoms with E-state index >= 15 is 0 Å².